The van der Waals surface area contributed by atoms with Gasteiger partial charge < -0.3 is 35.9 Å². The maximum absolute atomic E-state index is 13.5. The predicted molar refractivity (Wildman–Crippen MR) is 609 cm³/mol. The first-order chi connectivity index (χ1) is 72.9. The molecule has 0 spiro atoms. The molecule has 32 rings (SSSR count). The van der Waals surface area contributed by atoms with Gasteiger partial charge in [-0.1, -0.05) is 212 Å². The highest BCUT2D eigenvalue weighted by Gasteiger charge is 2.27. The standard InChI is InChI=1S/4C32H16N2O2S/c1-33-23-11-7-15-27-30(23)31(35)22-16-21-20-10-6-14-26(32(20)37-29(21)17-28(22)36-27)34-24-12-4-2-8-18(24)19-9-3-5-13-25(19)34;33-17-18-7-5-11-22-30(35)24-15-23-21-10-6-14-27(32(21)37-29(23)16-28(24)36-31(18)22)34-25-12-3-1-8-19(25)20-9-2-4-13-26(20)34;33-17-18-12-13-28-23(14-18)31(35)24-15-22-21-8-5-11-27(32(21)37-30(22)16-29(24)36-28)34-25-9-3-1-6-19(25)20-7-2-4-10-26(20)34;33-17-18-12-13-22-28(14-18)36-29-16-30-23(15-24(29)31(22)35)21-8-5-11-27(32(21)37-30)34-25-9-3-1-6-19(25)20-7-2-4-10-26(20)34/h2-17H;3*1-16H. The van der Waals surface area contributed by atoms with Crippen LogP contribution in [0.15, 0.2) is 425 Å². The number of nitrogens with zero attached hydrogens (tertiary/aromatic N) is 8. The van der Waals surface area contributed by atoms with Crippen LogP contribution >= 0.6 is 45.3 Å². The van der Waals surface area contributed by atoms with E-state index < -0.39 is 0 Å². The summed E-state index contributed by atoms with van der Waals surface area (Å²) in [7, 11) is 0. The molecule has 0 unspecified atom stereocenters. The highest BCUT2D eigenvalue weighted by molar-refractivity contribution is 7.27. The third-order valence-corrected chi connectivity index (χ3v) is 33.7. The molecule has 0 aliphatic heterocycles. The molecule has 20 heteroatoms. The Bertz CT molecular complexity index is 11500. The molecular weight excluding hydrogens is 1910 g/mol. The lowest BCUT2D eigenvalue weighted by Crippen LogP contribution is -2.02. The summed E-state index contributed by atoms with van der Waals surface area (Å²) in [6.07, 6.45) is 0. The summed E-state index contributed by atoms with van der Waals surface area (Å²) < 4.78 is 42.7. The van der Waals surface area contributed by atoms with Crippen molar-refractivity contribution in [1.29, 1.82) is 15.8 Å². The van der Waals surface area contributed by atoms with E-state index >= 15 is 0 Å². The van der Waals surface area contributed by atoms with E-state index in [1.807, 2.05) is 48.5 Å². The Morgan fingerprint density at radius 2 is 0.507 bits per heavy atom. The molecule has 688 valence electrons. The van der Waals surface area contributed by atoms with Gasteiger partial charge in [-0.25, -0.2) is 4.85 Å². The fourth-order valence-electron chi connectivity index (χ4n) is 22.3. The average molecular weight is 1970 g/mol. The largest absolute Gasteiger partial charge is 0.457 e. The zero-order chi connectivity index (χ0) is 98.7. The minimum Gasteiger partial charge on any atom is -0.457 e. The van der Waals surface area contributed by atoms with Crippen molar-refractivity contribution in [2.75, 3.05) is 0 Å². The normalized spacial score (nSPS) is 11.9. The molecule has 12 heterocycles. The van der Waals surface area contributed by atoms with E-state index in [0.29, 0.717) is 110 Å². The Hall–Kier alpha value is -19.7. The van der Waals surface area contributed by atoms with Crippen molar-refractivity contribution in [3.63, 3.8) is 0 Å². The number of hydrogen-bond donors (Lipinski definition) is 0. The zero-order valence-corrected chi connectivity index (χ0v) is 80.7. The van der Waals surface area contributed by atoms with Crippen LogP contribution in [0.2, 0.25) is 0 Å². The molecule has 0 atom stereocenters. The van der Waals surface area contributed by atoms with E-state index in [2.05, 4.69) is 308 Å². The number of para-hydroxylation sites is 9. The number of nitriles is 3. The smallest absolute Gasteiger partial charge is 0.201 e. The van der Waals surface area contributed by atoms with Crippen LogP contribution in [0.3, 0.4) is 0 Å². The maximum Gasteiger partial charge on any atom is 0.201 e. The van der Waals surface area contributed by atoms with Crippen molar-refractivity contribution in [3.05, 3.63) is 457 Å². The highest BCUT2D eigenvalue weighted by Crippen LogP contribution is 2.50. The SMILES string of the molecule is N#Cc1ccc2c(=O)c3cc4c(cc3oc2c1)sc1c(-n2c3ccccc3c3ccccc32)cccc14.N#Cc1ccc2oc3cc4sc5c(-n6c7ccccc7c7ccccc76)cccc5c4cc3c(=O)c2c1.N#Cc1cccc2c(=O)c3cc4c(cc3oc12)sc1c(-n2c3ccccc3c3ccccc32)cccc14.[C-]#[N+]c1cccc2oc3cc4sc5c(-n6c7ccccc7c7ccccc76)cccc5c4cc3c(=O)c12. The van der Waals surface area contributed by atoms with E-state index in [0.717, 1.165) is 148 Å². The van der Waals surface area contributed by atoms with Crippen LogP contribution < -0.4 is 21.7 Å². The fourth-order valence-corrected chi connectivity index (χ4v) is 27.2. The van der Waals surface area contributed by atoms with Gasteiger partial charge in [0, 0.05) is 105 Å². The first kappa shape index (κ1) is 85.1. The summed E-state index contributed by atoms with van der Waals surface area (Å²) in [5.74, 6) is 0. The van der Waals surface area contributed by atoms with Gasteiger partial charge in [0.2, 0.25) is 22.0 Å². The Balaban J connectivity index is 0.0000000930. The zero-order valence-electron chi connectivity index (χ0n) is 77.4. The number of hydrogen-bond acceptors (Lipinski definition) is 15. The van der Waals surface area contributed by atoms with Gasteiger partial charge in [0.25, 0.3) is 0 Å². The van der Waals surface area contributed by atoms with Crippen LogP contribution in [0, 0.1) is 40.6 Å². The second-order valence-electron chi connectivity index (χ2n) is 36.8. The van der Waals surface area contributed by atoms with Crippen LogP contribution in [0.1, 0.15) is 16.7 Å². The van der Waals surface area contributed by atoms with Gasteiger partial charge in [0.1, 0.15) is 45.2 Å². The molecule has 12 aromatic heterocycles. The van der Waals surface area contributed by atoms with Gasteiger partial charge in [-0.3, -0.25) is 19.2 Å². The van der Waals surface area contributed by atoms with Crippen molar-refractivity contribution >= 4 is 307 Å². The molecule has 0 N–H and O–H groups in total. The summed E-state index contributed by atoms with van der Waals surface area (Å²) in [5.41, 5.74) is 18.7. The molecular formula is C128H64N8O8S4. The Kier molecular flexibility index (Phi) is 19.0. The molecule has 0 aliphatic rings. The summed E-state index contributed by atoms with van der Waals surface area (Å²) >= 11 is 6.81. The topological polar surface area (TPSA) is 216 Å². The Labute approximate surface area is 850 Å². The maximum atomic E-state index is 13.5. The van der Waals surface area contributed by atoms with E-state index in [4.69, 9.17) is 24.2 Å². The van der Waals surface area contributed by atoms with Crippen LogP contribution in [0.5, 0.6) is 0 Å². The lowest BCUT2D eigenvalue weighted by molar-refractivity contribution is 0.659. The van der Waals surface area contributed by atoms with E-state index in [9.17, 15) is 35.0 Å². The number of aromatic nitrogens is 4. The number of rotatable bonds is 4. The molecule has 0 amide bonds. The van der Waals surface area contributed by atoms with Crippen LogP contribution in [-0.2, 0) is 0 Å². The van der Waals surface area contributed by atoms with Crippen molar-refractivity contribution in [1.82, 2.24) is 18.3 Å². The highest BCUT2D eigenvalue weighted by atomic mass is 32.1. The second kappa shape index (κ2) is 32.9. The van der Waals surface area contributed by atoms with Gasteiger partial charge >= 0.3 is 0 Å². The molecule has 0 bridgehead atoms. The summed E-state index contributed by atoms with van der Waals surface area (Å²) in [4.78, 5) is 57.3. The average Bonchev–Trinajstić information content (AvgIpc) is 1.57. The summed E-state index contributed by atoms with van der Waals surface area (Å²) in [5, 5.41) is 50.1. The summed E-state index contributed by atoms with van der Waals surface area (Å²) in [6, 6.07) is 136. The molecule has 0 aliphatic carbocycles. The van der Waals surface area contributed by atoms with Gasteiger partial charge in [-0.2, -0.15) is 15.8 Å². The third-order valence-electron chi connectivity index (χ3n) is 28.9. The third kappa shape index (κ3) is 12.8. The first-order valence-electron chi connectivity index (χ1n) is 47.8. The lowest BCUT2D eigenvalue weighted by atomic mass is 10.1. The lowest BCUT2D eigenvalue weighted by Gasteiger charge is -2.09. The Morgan fingerprint density at radius 1 is 0.223 bits per heavy atom. The first-order valence-corrected chi connectivity index (χ1v) is 51.1. The molecule has 148 heavy (non-hydrogen) atoms. The van der Waals surface area contributed by atoms with Gasteiger partial charge in [0.05, 0.1) is 164 Å². The quantitative estimate of drug-likeness (QED) is 0.119. The van der Waals surface area contributed by atoms with Gasteiger partial charge in [-0.05, 0) is 176 Å². The monoisotopic (exact) mass is 1970 g/mol. The number of fused-ring (bicyclic) bond motifs is 32. The van der Waals surface area contributed by atoms with Crippen molar-refractivity contribution in [2.24, 2.45) is 0 Å². The van der Waals surface area contributed by atoms with Crippen LogP contribution in [0.25, 0.3) is 283 Å². The molecule has 16 nitrogen and oxygen atoms in total. The number of thiophene rings is 4. The van der Waals surface area contributed by atoms with Crippen molar-refractivity contribution in [3.8, 4) is 41.0 Å². The van der Waals surface area contributed by atoms with Gasteiger partial charge in [0.15, 0.2) is 11.0 Å². The summed E-state index contributed by atoms with van der Waals surface area (Å²) in [6.45, 7) is 7.50. The van der Waals surface area contributed by atoms with Gasteiger partial charge in [-0.15, -0.1) is 45.3 Å². The fraction of sp³-hybridized carbons (Fsp3) is 0. The van der Waals surface area contributed by atoms with Crippen LogP contribution in [0.4, 0.5) is 5.69 Å². The molecule has 0 radical (unpaired) electrons. The van der Waals surface area contributed by atoms with Crippen molar-refractivity contribution < 1.29 is 17.7 Å². The van der Waals surface area contributed by atoms with E-state index in [-0.39, 0.29) is 21.7 Å². The van der Waals surface area contributed by atoms with E-state index in [1.54, 1.807) is 118 Å². The number of benzene rings is 20. The van der Waals surface area contributed by atoms with E-state index in [1.165, 1.54) is 43.1 Å². The minimum atomic E-state index is -0.164. The molecule has 20 aromatic carbocycles. The second-order valence-corrected chi connectivity index (χ2v) is 41.0. The Morgan fingerprint density at radius 3 is 0.872 bits per heavy atom. The molecule has 32 aromatic rings. The minimum absolute atomic E-state index is 0.0828. The molecule has 0 saturated heterocycles. The van der Waals surface area contributed by atoms with Crippen molar-refractivity contribution in [2.45, 2.75) is 0 Å². The van der Waals surface area contributed by atoms with Crippen LogP contribution in [-0.4, -0.2) is 18.3 Å². The molecule has 0 fully saturated rings. The predicted octanol–water partition coefficient (Wildman–Crippen LogP) is 33.8. The molecule has 0 saturated carbocycles.